The quantitative estimate of drug-likeness (QED) is 0.604. The van der Waals surface area contributed by atoms with Crippen molar-refractivity contribution in [1.29, 1.82) is 0 Å². The molecule has 0 bridgehead atoms. The van der Waals surface area contributed by atoms with Gasteiger partial charge in [0.25, 0.3) is 0 Å². The fraction of sp³-hybridized carbons (Fsp3) is 0.941. The van der Waals surface area contributed by atoms with Crippen LogP contribution in [0.3, 0.4) is 0 Å². The summed E-state index contributed by atoms with van der Waals surface area (Å²) in [6.07, 6.45) is 5.81. The molecule has 2 unspecified atom stereocenters. The highest BCUT2D eigenvalue weighted by Gasteiger charge is 2.32. The van der Waals surface area contributed by atoms with Crippen LogP contribution in [0, 0.1) is 11.8 Å². The van der Waals surface area contributed by atoms with Gasteiger partial charge in [-0.3, -0.25) is 4.79 Å². The number of rotatable bonds is 3. The SMILES string of the molecule is CC.CC.CCC.CCOC(=O)C1CCCC1CC. The number of hydrogen-bond acceptors (Lipinski definition) is 2. The second-order valence-corrected chi connectivity index (χ2v) is 4.16. The number of carbonyl (C=O) groups excluding carboxylic acids is 1. The third-order valence-electron chi connectivity index (χ3n) is 2.77. The first kappa shape index (κ1) is 23.6. The Morgan fingerprint density at radius 2 is 1.47 bits per heavy atom. The van der Waals surface area contributed by atoms with Crippen LogP contribution in [0.25, 0.3) is 0 Å². The first-order valence-corrected chi connectivity index (χ1v) is 8.37. The molecule has 0 aromatic heterocycles. The molecule has 1 rings (SSSR count). The van der Waals surface area contributed by atoms with E-state index in [1.54, 1.807) is 0 Å². The van der Waals surface area contributed by atoms with Crippen molar-refractivity contribution < 1.29 is 9.53 Å². The summed E-state index contributed by atoms with van der Waals surface area (Å²) in [6, 6.07) is 0. The first-order valence-electron chi connectivity index (χ1n) is 8.37. The molecule has 0 radical (unpaired) electrons. The van der Waals surface area contributed by atoms with Crippen LogP contribution in [-0.4, -0.2) is 12.6 Å². The minimum Gasteiger partial charge on any atom is -0.466 e. The molecular formula is C17H38O2. The molecule has 2 atom stereocenters. The Balaban J connectivity index is -0.000000313. The molecule has 1 saturated carbocycles. The zero-order valence-corrected chi connectivity index (χ0v) is 14.7. The van der Waals surface area contributed by atoms with Crippen molar-refractivity contribution in [3.05, 3.63) is 0 Å². The van der Waals surface area contributed by atoms with E-state index in [4.69, 9.17) is 4.74 Å². The van der Waals surface area contributed by atoms with Crippen molar-refractivity contribution in [2.45, 2.75) is 87.5 Å². The lowest BCUT2D eigenvalue weighted by Gasteiger charge is -2.15. The third kappa shape index (κ3) is 12.3. The van der Waals surface area contributed by atoms with Crippen LogP contribution < -0.4 is 0 Å². The lowest BCUT2D eigenvalue weighted by molar-refractivity contribution is -0.149. The lowest BCUT2D eigenvalue weighted by atomic mass is 9.94. The Bertz CT molecular complexity index is 167. The summed E-state index contributed by atoms with van der Waals surface area (Å²) in [7, 11) is 0. The van der Waals surface area contributed by atoms with E-state index in [2.05, 4.69) is 20.8 Å². The number of hydrogen-bond donors (Lipinski definition) is 0. The summed E-state index contributed by atoms with van der Waals surface area (Å²) >= 11 is 0. The third-order valence-corrected chi connectivity index (χ3v) is 2.77. The maximum Gasteiger partial charge on any atom is 0.309 e. The molecule has 0 saturated heterocycles. The Hall–Kier alpha value is -0.530. The monoisotopic (exact) mass is 274 g/mol. The molecule has 2 heteroatoms. The van der Waals surface area contributed by atoms with Gasteiger partial charge in [-0.15, -0.1) is 0 Å². The van der Waals surface area contributed by atoms with Gasteiger partial charge < -0.3 is 4.74 Å². The van der Waals surface area contributed by atoms with Gasteiger partial charge in [0.2, 0.25) is 0 Å². The second kappa shape index (κ2) is 19.8. The van der Waals surface area contributed by atoms with Gasteiger partial charge in [0.15, 0.2) is 0 Å². The van der Waals surface area contributed by atoms with Crippen LogP contribution in [0.15, 0.2) is 0 Å². The Labute approximate surface area is 122 Å². The molecular weight excluding hydrogens is 236 g/mol. The summed E-state index contributed by atoms with van der Waals surface area (Å²) < 4.78 is 5.02. The van der Waals surface area contributed by atoms with Gasteiger partial charge in [-0.2, -0.15) is 0 Å². The highest BCUT2D eigenvalue weighted by molar-refractivity contribution is 5.73. The molecule has 1 aliphatic carbocycles. The van der Waals surface area contributed by atoms with Gasteiger partial charge >= 0.3 is 5.97 Å². The summed E-state index contributed by atoms with van der Waals surface area (Å²) in [4.78, 5) is 11.4. The van der Waals surface area contributed by atoms with Crippen molar-refractivity contribution in [3.63, 3.8) is 0 Å². The smallest absolute Gasteiger partial charge is 0.309 e. The number of esters is 1. The average Bonchev–Trinajstić information content (AvgIpc) is 2.93. The molecule has 0 amide bonds. The summed E-state index contributed by atoms with van der Waals surface area (Å²) in [6.45, 7) is 16.8. The van der Waals surface area contributed by atoms with E-state index in [0.29, 0.717) is 12.5 Å². The topological polar surface area (TPSA) is 26.3 Å². The van der Waals surface area contributed by atoms with Gasteiger partial charge in [0.1, 0.15) is 0 Å². The molecule has 2 nitrogen and oxygen atoms in total. The average molecular weight is 274 g/mol. The van der Waals surface area contributed by atoms with E-state index in [-0.39, 0.29) is 11.9 Å². The lowest BCUT2D eigenvalue weighted by Crippen LogP contribution is -2.20. The minimum atomic E-state index is 0.0295. The Kier molecular flexibility index (Phi) is 24.5. The molecule has 118 valence electrons. The molecule has 0 aliphatic heterocycles. The first-order chi connectivity index (χ1) is 9.21. The predicted molar refractivity (Wildman–Crippen MR) is 86.4 cm³/mol. The van der Waals surface area contributed by atoms with Crippen LogP contribution in [0.4, 0.5) is 0 Å². The van der Waals surface area contributed by atoms with Crippen LogP contribution in [0.1, 0.15) is 87.5 Å². The minimum absolute atomic E-state index is 0.0295. The maximum absolute atomic E-state index is 11.4. The van der Waals surface area contributed by atoms with E-state index in [1.807, 2.05) is 34.6 Å². The normalized spacial score (nSPS) is 19.8. The van der Waals surface area contributed by atoms with Crippen molar-refractivity contribution in [3.8, 4) is 0 Å². The fourth-order valence-electron chi connectivity index (χ4n) is 2.09. The van der Waals surface area contributed by atoms with E-state index in [1.165, 1.54) is 19.3 Å². The van der Waals surface area contributed by atoms with Crippen LogP contribution in [0.2, 0.25) is 0 Å². The molecule has 1 fully saturated rings. The maximum atomic E-state index is 11.4. The van der Waals surface area contributed by atoms with Gasteiger partial charge in [-0.25, -0.2) is 0 Å². The molecule has 0 aromatic carbocycles. The van der Waals surface area contributed by atoms with Crippen molar-refractivity contribution >= 4 is 5.97 Å². The molecule has 0 aromatic rings. The van der Waals surface area contributed by atoms with Crippen molar-refractivity contribution in [1.82, 2.24) is 0 Å². The van der Waals surface area contributed by atoms with Gasteiger partial charge in [-0.05, 0) is 25.7 Å². The zero-order valence-electron chi connectivity index (χ0n) is 14.7. The van der Waals surface area contributed by atoms with Crippen LogP contribution in [0.5, 0.6) is 0 Å². The van der Waals surface area contributed by atoms with Gasteiger partial charge in [0.05, 0.1) is 12.5 Å². The Morgan fingerprint density at radius 1 is 1.00 bits per heavy atom. The van der Waals surface area contributed by atoms with Gasteiger partial charge in [-0.1, -0.05) is 67.7 Å². The molecule has 0 spiro atoms. The van der Waals surface area contributed by atoms with Crippen molar-refractivity contribution in [2.75, 3.05) is 6.61 Å². The largest absolute Gasteiger partial charge is 0.466 e. The van der Waals surface area contributed by atoms with Crippen molar-refractivity contribution in [2.24, 2.45) is 11.8 Å². The van der Waals surface area contributed by atoms with Gasteiger partial charge in [0, 0.05) is 0 Å². The van der Waals surface area contributed by atoms with E-state index < -0.39 is 0 Å². The summed E-state index contributed by atoms with van der Waals surface area (Å²) in [5.41, 5.74) is 0. The molecule has 0 N–H and O–H groups in total. The fourth-order valence-corrected chi connectivity index (χ4v) is 2.09. The number of carbonyl (C=O) groups is 1. The van der Waals surface area contributed by atoms with E-state index in [0.717, 1.165) is 12.8 Å². The zero-order chi connectivity index (χ0) is 15.7. The standard InChI is InChI=1S/C10H18O2.C3H8.2C2H6/c1-3-8-6-5-7-9(8)10(11)12-4-2;1-3-2;2*1-2/h8-9H,3-7H2,1-2H3;3H2,1-2H3;2*1-2H3. The van der Waals surface area contributed by atoms with E-state index in [9.17, 15) is 4.79 Å². The van der Waals surface area contributed by atoms with E-state index >= 15 is 0 Å². The molecule has 0 heterocycles. The Morgan fingerprint density at radius 3 is 1.84 bits per heavy atom. The van der Waals surface area contributed by atoms with Crippen LogP contribution >= 0.6 is 0 Å². The highest BCUT2D eigenvalue weighted by Crippen LogP contribution is 2.34. The molecule has 1 aliphatic rings. The second-order valence-electron chi connectivity index (χ2n) is 4.16. The number of ether oxygens (including phenoxy) is 1. The summed E-state index contributed by atoms with van der Waals surface area (Å²) in [5.74, 6) is 0.820. The predicted octanol–water partition coefficient (Wildman–Crippen LogP) is 5.84. The highest BCUT2D eigenvalue weighted by atomic mass is 16.5. The van der Waals surface area contributed by atoms with Crippen LogP contribution in [-0.2, 0) is 9.53 Å². The molecule has 19 heavy (non-hydrogen) atoms. The summed E-state index contributed by atoms with van der Waals surface area (Å²) in [5, 5.41) is 0.